The highest BCUT2D eigenvalue weighted by Gasteiger charge is 2.27. The average molecular weight is 310 g/mol. The number of carbonyl (C=O) groups is 2. The SMILES string of the molecule is CCOc1ccc(C(=O)c2ccc3c(c2)CC(C(=O)O)C3)cc1. The largest absolute Gasteiger partial charge is 0.494 e. The van der Waals surface area contributed by atoms with Gasteiger partial charge in [0.25, 0.3) is 0 Å². The predicted octanol–water partition coefficient (Wildman–Crippen LogP) is 3.12. The number of hydrogen-bond acceptors (Lipinski definition) is 3. The number of ether oxygens (including phenoxy) is 1. The van der Waals surface area contributed by atoms with Crippen LogP contribution in [0.5, 0.6) is 5.75 Å². The standard InChI is InChI=1S/C19H18O4/c1-2-23-17-7-5-12(6-8-17)18(20)14-4-3-13-9-16(19(21)22)11-15(13)10-14/h3-8,10,16H,2,9,11H2,1H3,(H,21,22). The van der Waals surface area contributed by atoms with Gasteiger partial charge in [-0.15, -0.1) is 0 Å². The Balaban J connectivity index is 1.81. The van der Waals surface area contributed by atoms with Crippen molar-refractivity contribution >= 4 is 11.8 Å². The molecule has 0 spiro atoms. The fourth-order valence-electron chi connectivity index (χ4n) is 2.97. The van der Waals surface area contributed by atoms with Crippen LogP contribution in [-0.2, 0) is 17.6 Å². The number of rotatable bonds is 5. The summed E-state index contributed by atoms with van der Waals surface area (Å²) in [6, 6.07) is 12.6. The number of hydrogen-bond donors (Lipinski definition) is 1. The fraction of sp³-hybridized carbons (Fsp3) is 0.263. The number of benzene rings is 2. The van der Waals surface area contributed by atoms with Crippen molar-refractivity contribution < 1.29 is 19.4 Å². The van der Waals surface area contributed by atoms with E-state index in [9.17, 15) is 9.59 Å². The van der Waals surface area contributed by atoms with E-state index < -0.39 is 5.97 Å². The first kappa shape index (κ1) is 15.3. The molecule has 0 heterocycles. The Morgan fingerprint density at radius 1 is 1.04 bits per heavy atom. The Hall–Kier alpha value is -2.62. The maximum Gasteiger partial charge on any atom is 0.307 e. The molecular weight excluding hydrogens is 292 g/mol. The van der Waals surface area contributed by atoms with Crippen molar-refractivity contribution in [1.82, 2.24) is 0 Å². The highest BCUT2D eigenvalue weighted by molar-refractivity contribution is 6.09. The topological polar surface area (TPSA) is 63.6 Å². The number of fused-ring (bicyclic) bond motifs is 1. The van der Waals surface area contributed by atoms with Gasteiger partial charge in [-0.1, -0.05) is 12.1 Å². The summed E-state index contributed by atoms with van der Waals surface area (Å²) < 4.78 is 5.37. The van der Waals surface area contributed by atoms with Gasteiger partial charge in [0.05, 0.1) is 12.5 Å². The molecule has 4 heteroatoms. The summed E-state index contributed by atoms with van der Waals surface area (Å²) in [5, 5.41) is 9.13. The van der Waals surface area contributed by atoms with E-state index in [4.69, 9.17) is 9.84 Å². The van der Waals surface area contributed by atoms with Crippen LogP contribution in [0.3, 0.4) is 0 Å². The Morgan fingerprint density at radius 3 is 2.35 bits per heavy atom. The molecule has 1 aliphatic carbocycles. The van der Waals surface area contributed by atoms with E-state index in [1.165, 1.54) is 0 Å². The molecule has 0 aliphatic heterocycles. The minimum absolute atomic E-state index is 0.0605. The highest BCUT2D eigenvalue weighted by Crippen LogP contribution is 2.28. The van der Waals surface area contributed by atoms with Crippen molar-refractivity contribution in [3.8, 4) is 5.75 Å². The molecule has 0 fully saturated rings. The molecule has 2 aromatic rings. The van der Waals surface area contributed by atoms with Crippen LogP contribution in [0.15, 0.2) is 42.5 Å². The lowest BCUT2D eigenvalue weighted by molar-refractivity contribution is -0.141. The molecule has 0 bridgehead atoms. The maximum absolute atomic E-state index is 12.6. The third-order valence-electron chi connectivity index (χ3n) is 4.18. The molecule has 4 nitrogen and oxygen atoms in total. The Bertz CT molecular complexity index is 746. The molecule has 0 amide bonds. The number of carboxylic acid groups (broad SMARTS) is 1. The molecule has 1 atom stereocenters. The predicted molar refractivity (Wildman–Crippen MR) is 86.0 cm³/mol. The summed E-state index contributed by atoms with van der Waals surface area (Å²) in [5.74, 6) is -0.474. The molecule has 1 aliphatic rings. The zero-order chi connectivity index (χ0) is 16.4. The van der Waals surface area contributed by atoms with E-state index in [0.717, 1.165) is 16.9 Å². The minimum Gasteiger partial charge on any atom is -0.494 e. The van der Waals surface area contributed by atoms with E-state index in [1.54, 1.807) is 30.3 Å². The third-order valence-corrected chi connectivity index (χ3v) is 4.18. The number of carbonyl (C=O) groups excluding carboxylic acids is 1. The van der Waals surface area contributed by atoms with Crippen LogP contribution in [0.1, 0.15) is 34.0 Å². The molecule has 0 radical (unpaired) electrons. The molecule has 0 saturated carbocycles. The van der Waals surface area contributed by atoms with Crippen molar-refractivity contribution in [2.24, 2.45) is 5.92 Å². The van der Waals surface area contributed by atoms with E-state index in [-0.39, 0.29) is 11.7 Å². The number of ketones is 1. The highest BCUT2D eigenvalue weighted by atomic mass is 16.5. The molecule has 1 unspecified atom stereocenters. The van der Waals surface area contributed by atoms with Crippen LogP contribution in [0, 0.1) is 5.92 Å². The first-order valence-electron chi connectivity index (χ1n) is 7.70. The van der Waals surface area contributed by atoms with Gasteiger partial charge in [0.15, 0.2) is 5.78 Å². The molecule has 23 heavy (non-hydrogen) atoms. The normalized spacial score (nSPS) is 16.0. The van der Waals surface area contributed by atoms with Crippen molar-refractivity contribution in [3.63, 3.8) is 0 Å². The maximum atomic E-state index is 12.6. The summed E-state index contributed by atoms with van der Waals surface area (Å²) in [5.41, 5.74) is 3.19. The molecule has 118 valence electrons. The number of carboxylic acids is 1. The third kappa shape index (κ3) is 3.11. The van der Waals surface area contributed by atoms with Crippen LogP contribution in [0.25, 0.3) is 0 Å². The van der Waals surface area contributed by atoms with Crippen molar-refractivity contribution in [3.05, 3.63) is 64.7 Å². The summed E-state index contributed by atoms with van der Waals surface area (Å²) in [6.45, 7) is 2.50. The second-order valence-corrected chi connectivity index (χ2v) is 5.71. The van der Waals surface area contributed by atoms with E-state index in [2.05, 4.69) is 0 Å². The molecule has 0 saturated heterocycles. The van der Waals surface area contributed by atoms with Crippen LogP contribution < -0.4 is 4.74 Å². The van der Waals surface area contributed by atoms with Crippen LogP contribution in [0.2, 0.25) is 0 Å². The zero-order valence-corrected chi connectivity index (χ0v) is 12.9. The Morgan fingerprint density at radius 2 is 1.70 bits per heavy atom. The first-order valence-corrected chi connectivity index (χ1v) is 7.70. The summed E-state index contributed by atoms with van der Waals surface area (Å²) in [6.07, 6.45) is 1.04. The van der Waals surface area contributed by atoms with Crippen LogP contribution in [0.4, 0.5) is 0 Å². The molecule has 0 aromatic heterocycles. The summed E-state index contributed by atoms with van der Waals surface area (Å²) in [4.78, 5) is 23.7. The van der Waals surface area contributed by atoms with Crippen molar-refractivity contribution in [2.45, 2.75) is 19.8 Å². The van der Waals surface area contributed by atoms with Crippen LogP contribution in [-0.4, -0.2) is 23.5 Å². The lowest BCUT2D eigenvalue weighted by Gasteiger charge is -2.06. The van der Waals surface area contributed by atoms with Crippen molar-refractivity contribution in [2.75, 3.05) is 6.61 Å². The summed E-state index contributed by atoms with van der Waals surface area (Å²) >= 11 is 0. The van der Waals surface area contributed by atoms with E-state index >= 15 is 0 Å². The first-order chi connectivity index (χ1) is 11.1. The second kappa shape index (κ2) is 6.24. The Labute approximate surface area is 134 Å². The monoisotopic (exact) mass is 310 g/mol. The Kier molecular flexibility index (Phi) is 4.15. The van der Waals surface area contributed by atoms with Gasteiger partial charge in [-0.05, 0) is 61.2 Å². The lowest BCUT2D eigenvalue weighted by atomic mass is 9.99. The average Bonchev–Trinajstić information content (AvgIpc) is 2.98. The van der Waals surface area contributed by atoms with Crippen LogP contribution >= 0.6 is 0 Å². The molecular formula is C19H18O4. The lowest BCUT2D eigenvalue weighted by Crippen LogP contribution is -2.12. The van der Waals surface area contributed by atoms with E-state index in [0.29, 0.717) is 30.6 Å². The molecule has 2 aromatic carbocycles. The minimum atomic E-state index is -0.777. The van der Waals surface area contributed by atoms with E-state index in [1.807, 2.05) is 19.1 Å². The molecule has 1 N–H and O–H groups in total. The fourth-order valence-corrected chi connectivity index (χ4v) is 2.97. The second-order valence-electron chi connectivity index (χ2n) is 5.71. The van der Waals surface area contributed by atoms with Gasteiger partial charge in [0.2, 0.25) is 0 Å². The van der Waals surface area contributed by atoms with Gasteiger partial charge in [-0.25, -0.2) is 0 Å². The van der Waals surface area contributed by atoms with Gasteiger partial charge in [0, 0.05) is 11.1 Å². The van der Waals surface area contributed by atoms with Gasteiger partial charge < -0.3 is 9.84 Å². The van der Waals surface area contributed by atoms with Gasteiger partial charge in [0.1, 0.15) is 5.75 Å². The van der Waals surface area contributed by atoms with Gasteiger partial charge in [-0.3, -0.25) is 9.59 Å². The van der Waals surface area contributed by atoms with Gasteiger partial charge in [-0.2, -0.15) is 0 Å². The zero-order valence-electron chi connectivity index (χ0n) is 12.9. The smallest absolute Gasteiger partial charge is 0.307 e. The quantitative estimate of drug-likeness (QED) is 0.862. The van der Waals surface area contributed by atoms with Crippen molar-refractivity contribution in [1.29, 1.82) is 0 Å². The summed E-state index contributed by atoms with van der Waals surface area (Å²) in [7, 11) is 0. The van der Waals surface area contributed by atoms with Gasteiger partial charge >= 0.3 is 5.97 Å². The molecule has 3 rings (SSSR count). The number of aliphatic carboxylic acids is 1.